The molecule has 1 fully saturated rings. The van der Waals surface area contributed by atoms with Gasteiger partial charge in [-0.1, -0.05) is 30.3 Å². The quantitative estimate of drug-likeness (QED) is 0.491. The Balaban J connectivity index is 1.32. The molecule has 1 aliphatic heterocycles. The number of nitrogens with one attached hydrogen (secondary N) is 1. The number of anilines is 2. The molecule has 2 heterocycles. The fourth-order valence-electron chi connectivity index (χ4n) is 3.47. The molecule has 31 heavy (non-hydrogen) atoms. The lowest BCUT2D eigenvalue weighted by Gasteiger charge is -2.16. The Kier molecular flexibility index (Phi) is 6.03. The van der Waals surface area contributed by atoms with Gasteiger partial charge in [-0.15, -0.1) is 0 Å². The zero-order chi connectivity index (χ0) is 21.6. The summed E-state index contributed by atoms with van der Waals surface area (Å²) in [5.41, 5.74) is 2.84. The summed E-state index contributed by atoms with van der Waals surface area (Å²) in [5.74, 6) is -1.01. The summed E-state index contributed by atoms with van der Waals surface area (Å²) in [7, 11) is 0. The van der Waals surface area contributed by atoms with Crippen LogP contribution in [0, 0.1) is 0 Å². The van der Waals surface area contributed by atoms with Crippen molar-refractivity contribution in [2.24, 2.45) is 0 Å². The van der Waals surface area contributed by atoms with Gasteiger partial charge in [0.15, 0.2) is 6.61 Å². The van der Waals surface area contributed by atoms with Gasteiger partial charge in [-0.3, -0.25) is 14.6 Å². The second kappa shape index (κ2) is 9.21. The highest BCUT2D eigenvalue weighted by atomic mass is 16.5. The third kappa shape index (κ3) is 4.95. The predicted octanol–water partition coefficient (Wildman–Crippen LogP) is 3.56. The minimum absolute atomic E-state index is 0.0746. The van der Waals surface area contributed by atoms with Crippen LogP contribution < -0.4 is 10.2 Å². The molecule has 2 aromatic carbocycles. The van der Waals surface area contributed by atoms with Gasteiger partial charge in [0.25, 0.3) is 5.91 Å². The van der Waals surface area contributed by atoms with Gasteiger partial charge in [0.2, 0.25) is 5.91 Å². The highest BCUT2D eigenvalue weighted by molar-refractivity contribution is 5.98. The summed E-state index contributed by atoms with van der Waals surface area (Å²) in [5, 5.41) is 3.65. The highest BCUT2D eigenvalue weighted by Gasteiger charge is 2.21. The lowest BCUT2D eigenvalue weighted by molar-refractivity contribution is -0.142. The molecule has 0 bridgehead atoms. The fraction of sp³-hybridized carbons (Fsp3) is 0.167. The van der Waals surface area contributed by atoms with Crippen LogP contribution in [0.25, 0.3) is 17.0 Å². The van der Waals surface area contributed by atoms with E-state index in [2.05, 4.69) is 10.3 Å². The topological polar surface area (TPSA) is 88.6 Å². The first-order valence-electron chi connectivity index (χ1n) is 9.99. The highest BCUT2D eigenvalue weighted by Crippen LogP contribution is 2.24. The Hall–Kier alpha value is -4.00. The van der Waals surface area contributed by atoms with Crippen molar-refractivity contribution in [1.82, 2.24) is 4.98 Å². The molecule has 3 aromatic rings. The first-order chi connectivity index (χ1) is 15.1. The van der Waals surface area contributed by atoms with Crippen LogP contribution >= 0.6 is 0 Å². The van der Waals surface area contributed by atoms with E-state index in [9.17, 15) is 14.4 Å². The molecule has 0 unspecified atom stereocenters. The van der Waals surface area contributed by atoms with Crippen molar-refractivity contribution in [2.45, 2.75) is 12.8 Å². The lowest BCUT2D eigenvalue weighted by atomic mass is 10.1. The van der Waals surface area contributed by atoms with Gasteiger partial charge in [-0.25, -0.2) is 4.79 Å². The van der Waals surface area contributed by atoms with E-state index in [1.165, 1.54) is 6.08 Å². The van der Waals surface area contributed by atoms with Crippen LogP contribution in [-0.2, 0) is 19.1 Å². The van der Waals surface area contributed by atoms with Gasteiger partial charge < -0.3 is 15.0 Å². The predicted molar refractivity (Wildman–Crippen MR) is 118 cm³/mol. The van der Waals surface area contributed by atoms with E-state index in [1.807, 2.05) is 36.4 Å². The van der Waals surface area contributed by atoms with E-state index >= 15 is 0 Å². The Morgan fingerprint density at radius 3 is 2.81 bits per heavy atom. The summed E-state index contributed by atoms with van der Waals surface area (Å²) in [6, 6.07) is 16.5. The van der Waals surface area contributed by atoms with Gasteiger partial charge in [0, 0.05) is 47.6 Å². The molecule has 1 saturated heterocycles. The third-order valence-electron chi connectivity index (χ3n) is 4.92. The lowest BCUT2D eigenvalue weighted by Crippen LogP contribution is -2.24. The van der Waals surface area contributed by atoms with Crippen LogP contribution in [0.15, 0.2) is 66.9 Å². The number of carbonyl (C=O) groups excluding carboxylic acids is 3. The van der Waals surface area contributed by atoms with Gasteiger partial charge in [0.05, 0.1) is 5.52 Å². The number of pyridine rings is 1. The molecule has 0 aliphatic carbocycles. The standard InChI is InChI=1S/C24H21N3O4/c28-21(26-19-8-2-9-20(15-19)27-14-4-10-22(27)29)16-31-23(30)12-11-18-6-1-5-17-7-3-13-25-24(17)18/h1-3,5-9,11-13,15H,4,10,14,16H2,(H,26,28)/b12-11+. The smallest absolute Gasteiger partial charge is 0.331 e. The van der Waals surface area contributed by atoms with Gasteiger partial charge in [-0.05, 0) is 36.8 Å². The minimum atomic E-state index is -0.625. The molecular weight excluding hydrogens is 394 g/mol. The number of hydrogen-bond donors (Lipinski definition) is 1. The van der Waals surface area contributed by atoms with Crippen molar-refractivity contribution in [3.63, 3.8) is 0 Å². The van der Waals surface area contributed by atoms with E-state index < -0.39 is 18.5 Å². The Bertz CT molecular complexity index is 1170. The third-order valence-corrected chi connectivity index (χ3v) is 4.92. The largest absolute Gasteiger partial charge is 0.452 e. The Morgan fingerprint density at radius 2 is 1.97 bits per heavy atom. The molecule has 0 atom stereocenters. The molecule has 2 amide bonds. The average molecular weight is 415 g/mol. The first-order valence-corrected chi connectivity index (χ1v) is 9.99. The molecule has 1 N–H and O–H groups in total. The number of fused-ring (bicyclic) bond motifs is 1. The molecule has 0 radical (unpaired) electrons. The number of ether oxygens (including phenoxy) is 1. The van der Waals surface area contributed by atoms with Crippen molar-refractivity contribution in [2.75, 3.05) is 23.4 Å². The fourth-order valence-corrected chi connectivity index (χ4v) is 3.47. The summed E-state index contributed by atoms with van der Waals surface area (Å²) in [4.78, 5) is 42.1. The number of amides is 2. The number of para-hydroxylation sites is 1. The summed E-state index contributed by atoms with van der Waals surface area (Å²) in [6.45, 7) is 0.260. The van der Waals surface area contributed by atoms with E-state index in [0.717, 1.165) is 28.6 Å². The number of rotatable bonds is 6. The summed E-state index contributed by atoms with van der Waals surface area (Å²) < 4.78 is 5.03. The number of benzene rings is 2. The molecule has 0 spiro atoms. The van der Waals surface area contributed by atoms with Gasteiger partial charge in [-0.2, -0.15) is 0 Å². The monoisotopic (exact) mass is 415 g/mol. The molecule has 7 nitrogen and oxygen atoms in total. The number of aromatic nitrogens is 1. The normalized spacial score (nSPS) is 13.7. The SMILES string of the molecule is O=C(COC(=O)/C=C/c1cccc2cccnc12)Nc1cccc(N2CCCC2=O)c1. The van der Waals surface area contributed by atoms with Gasteiger partial charge in [0.1, 0.15) is 0 Å². The Morgan fingerprint density at radius 1 is 1.13 bits per heavy atom. The van der Waals surface area contributed by atoms with E-state index in [0.29, 0.717) is 18.7 Å². The average Bonchev–Trinajstić information content (AvgIpc) is 3.22. The number of hydrogen-bond acceptors (Lipinski definition) is 5. The zero-order valence-corrected chi connectivity index (χ0v) is 16.8. The van der Waals surface area contributed by atoms with Crippen molar-refractivity contribution in [1.29, 1.82) is 0 Å². The molecule has 1 aliphatic rings. The maximum Gasteiger partial charge on any atom is 0.331 e. The molecule has 1 aromatic heterocycles. The van der Waals surface area contributed by atoms with Crippen LogP contribution in [0.4, 0.5) is 11.4 Å². The van der Waals surface area contributed by atoms with Crippen molar-refractivity contribution in [3.05, 3.63) is 72.4 Å². The van der Waals surface area contributed by atoms with E-state index in [1.54, 1.807) is 35.4 Å². The molecule has 156 valence electrons. The van der Waals surface area contributed by atoms with Crippen molar-refractivity contribution in [3.8, 4) is 0 Å². The Labute approximate surface area is 179 Å². The summed E-state index contributed by atoms with van der Waals surface area (Å²) >= 11 is 0. The minimum Gasteiger partial charge on any atom is -0.452 e. The first kappa shape index (κ1) is 20.3. The second-order valence-electron chi connectivity index (χ2n) is 7.11. The van der Waals surface area contributed by atoms with Crippen molar-refractivity contribution < 1.29 is 19.1 Å². The molecule has 4 rings (SSSR count). The van der Waals surface area contributed by atoms with Crippen LogP contribution in [0.5, 0.6) is 0 Å². The number of esters is 1. The summed E-state index contributed by atoms with van der Waals surface area (Å²) in [6.07, 6.45) is 5.95. The van der Waals surface area contributed by atoms with Gasteiger partial charge >= 0.3 is 5.97 Å². The number of carbonyl (C=O) groups is 3. The van der Waals surface area contributed by atoms with Crippen LogP contribution in [0.2, 0.25) is 0 Å². The zero-order valence-electron chi connectivity index (χ0n) is 16.8. The maximum absolute atomic E-state index is 12.2. The molecular formula is C24H21N3O4. The second-order valence-corrected chi connectivity index (χ2v) is 7.11. The molecule has 7 heteroatoms. The number of nitrogens with zero attached hydrogens (tertiary/aromatic N) is 2. The van der Waals surface area contributed by atoms with Crippen molar-refractivity contribution >= 4 is 46.1 Å². The van der Waals surface area contributed by atoms with Crippen LogP contribution in [0.1, 0.15) is 18.4 Å². The van der Waals surface area contributed by atoms with E-state index in [4.69, 9.17) is 4.74 Å². The molecule has 0 saturated carbocycles. The van der Waals surface area contributed by atoms with Crippen LogP contribution in [0.3, 0.4) is 0 Å². The maximum atomic E-state index is 12.2. The van der Waals surface area contributed by atoms with Crippen LogP contribution in [-0.4, -0.2) is 35.9 Å². The van der Waals surface area contributed by atoms with E-state index in [-0.39, 0.29) is 5.91 Å².